The molecule has 1 aromatic rings. The average Bonchev–Trinajstić information content (AvgIpc) is 2.53. The average molecular weight is 171 g/mol. The lowest BCUT2D eigenvalue weighted by atomic mass is 10.4. The van der Waals surface area contributed by atoms with E-state index in [1.165, 1.54) is 5.06 Å². The van der Waals surface area contributed by atoms with Gasteiger partial charge in [0.25, 0.3) is 0 Å². The number of hydroxylamine groups is 2. The van der Waals surface area contributed by atoms with Crippen LogP contribution in [0.4, 0.5) is 0 Å². The highest BCUT2D eigenvalue weighted by Gasteiger charge is 2.06. The van der Waals surface area contributed by atoms with Gasteiger partial charge in [-0.15, -0.1) is 0 Å². The Balaban J connectivity index is 2.70. The zero-order chi connectivity index (χ0) is 8.27. The number of rotatable bonds is 2. The molecule has 1 rings (SSSR count). The third-order valence-corrected chi connectivity index (χ3v) is 1.77. The minimum atomic E-state index is 0.588. The molecule has 1 heterocycles. The minimum absolute atomic E-state index is 0.588. The van der Waals surface area contributed by atoms with Gasteiger partial charge in [0.05, 0.1) is 12.8 Å². The summed E-state index contributed by atoms with van der Waals surface area (Å²) in [6.07, 6.45) is 1.64. The van der Waals surface area contributed by atoms with Crippen LogP contribution in [0.25, 0.3) is 0 Å². The van der Waals surface area contributed by atoms with E-state index in [-0.39, 0.29) is 0 Å². The predicted molar refractivity (Wildman–Crippen MR) is 45.1 cm³/mol. The summed E-state index contributed by atoms with van der Waals surface area (Å²) in [6, 6.07) is 1.79. The molecule has 0 unspecified atom stereocenters. The Morgan fingerprint density at radius 1 is 1.82 bits per heavy atom. The second-order valence-electron chi connectivity index (χ2n) is 1.96. The molecular formula is C6H9N3OS. The number of hydrogen-bond donors (Lipinski definition) is 1. The Hall–Kier alpha value is -0.940. The van der Waals surface area contributed by atoms with Gasteiger partial charge in [-0.05, 0) is 6.07 Å². The molecule has 0 bridgehead atoms. The number of nitrogens with one attached hydrogen (secondary N) is 1. The molecule has 60 valence electrons. The van der Waals surface area contributed by atoms with Crippen LogP contribution in [0.15, 0.2) is 12.3 Å². The van der Waals surface area contributed by atoms with Gasteiger partial charge in [-0.1, -0.05) is 12.2 Å². The molecule has 11 heavy (non-hydrogen) atoms. The second-order valence-corrected chi connectivity index (χ2v) is 2.34. The molecule has 0 aromatic carbocycles. The SMILES string of the molecule is CON(C)C(=S)c1ccn[nH]1. The van der Waals surface area contributed by atoms with Crippen molar-refractivity contribution in [2.75, 3.05) is 14.2 Å². The van der Waals surface area contributed by atoms with Gasteiger partial charge in [0.1, 0.15) is 0 Å². The molecule has 5 heteroatoms. The van der Waals surface area contributed by atoms with Gasteiger partial charge in [-0.2, -0.15) is 5.10 Å². The molecule has 1 aromatic heterocycles. The summed E-state index contributed by atoms with van der Waals surface area (Å²) in [4.78, 5) is 5.47. The lowest BCUT2D eigenvalue weighted by Crippen LogP contribution is -2.24. The molecule has 0 fully saturated rings. The number of hydrogen-bond acceptors (Lipinski definition) is 3. The maximum absolute atomic E-state index is 5.03. The monoisotopic (exact) mass is 171 g/mol. The van der Waals surface area contributed by atoms with Crippen molar-refractivity contribution >= 4 is 17.2 Å². The summed E-state index contributed by atoms with van der Waals surface area (Å²) in [7, 11) is 3.30. The second kappa shape index (κ2) is 3.45. The van der Waals surface area contributed by atoms with E-state index in [1.54, 1.807) is 26.4 Å². The van der Waals surface area contributed by atoms with Crippen molar-refractivity contribution in [2.24, 2.45) is 0 Å². The number of thiocarbonyl (C=S) groups is 1. The van der Waals surface area contributed by atoms with Gasteiger partial charge >= 0.3 is 0 Å². The van der Waals surface area contributed by atoms with Crippen LogP contribution >= 0.6 is 12.2 Å². The number of aromatic amines is 1. The number of aromatic nitrogens is 2. The normalized spacial score (nSPS) is 9.64. The highest BCUT2D eigenvalue weighted by Crippen LogP contribution is 1.99. The smallest absolute Gasteiger partial charge is 0.151 e. The third-order valence-electron chi connectivity index (χ3n) is 1.29. The van der Waals surface area contributed by atoms with E-state index < -0.39 is 0 Å². The predicted octanol–water partition coefficient (Wildman–Crippen LogP) is 0.578. The van der Waals surface area contributed by atoms with E-state index in [1.807, 2.05) is 0 Å². The third kappa shape index (κ3) is 1.75. The first kappa shape index (κ1) is 8.16. The van der Waals surface area contributed by atoms with Gasteiger partial charge in [-0.3, -0.25) is 9.94 Å². The Morgan fingerprint density at radius 2 is 2.55 bits per heavy atom. The Morgan fingerprint density at radius 3 is 3.00 bits per heavy atom. The maximum atomic E-state index is 5.03. The van der Waals surface area contributed by atoms with Crippen molar-refractivity contribution < 1.29 is 4.84 Å². The summed E-state index contributed by atoms with van der Waals surface area (Å²) in [5, 5.41) is 7.99. The summed E-state index contributed by atoms with van der Waals surface area (Å²) >= 11 is 5.03. The molecule has 0 saturated heterocycles. The van der Waals surface area contributed by atoms with Gasteiger partial charge in [-0.25, -0.2) is 5.06 Å². The molecule has 0 amide bonds. The Labute approximate surface area is 70.1 Å². The minimum Gasteiger partial charge on any atom is -0.276 e. The molecule has 1 N–H and O–H groups in total. The highest BCUT2D eigenvalue weighted by atomic mass is 32.1. The molecule has 0 atom stereocenters. The van der Waals surface area contributed by atoms with Crippen LogP contribution in [0.2, 0.25) is 0 Å². The van der Waals surface area contributed by atoms with E-state index in [2.05, 4.69) is 10.2 Å². The van der Waals surface area contributed by atoms with Gasteiger partial charge in [0, 0.05) is 13.2 Å². The zero-order valence-corrected chi connectivity index (χ0v) is 7.18. The zero-order valence-electron chi connectivity index (χ0n) is 6.37. The van der Waals surface area contributed by atoms with E-state index in [9.17, 15) is 0 Å². The first-order valence-corrected chi connectivity index (χ1v) is 3.48. The summed E-state index contributed by atoms with van der Waals surface area (Å²) < 4.78 is 0. The lowest BCUT2D eigenvalue weighted by molar-refractivity contribution is -0.0387. The van der Waals surface area contributed by atoms with Crippen LogP contribution in [0.5, 0.6) is 0 Å². The number of H-pyrrole nitrogens is 1. The topological polar surface area (TPSA) is 41.1 Å². The quantitative estimate of drug-likeness (QED) is 0.522. The first-order chi connectivity index (χ1) is 5.25. The standard InChI is InChI=1S/C6H9N3OS/c1-9(10-2)6(11)5-3-4-7-8-5/h3-4H,1-2H3,(H,7,8). The summed E-state index contributed by atoms with van der Waals surface area (Å²) in [6.45, 7) is 0. The van der Waals surface area contributed by atoms with Crippen molar-refractivity contribution in [3.05, 3.63) is 18.0 Å². The number of nitrogens with zero attached hydrogens (tertiary/aromatic N) is 2. The summed E-state index contributed by atoms with van der Waals surface area (Å²) in [5.74, 6) is 0. The fraction of sp³-hybridized carbons (Fsp3) is 0.333. The molecule has 0 aliphatic rings. The molecule has 0 aliphatic carbocycles. The van der Waals surface area contributed by atoms with E-state index in [4.69, 9.17) is 17.1 Å². The van der Waals surface area contributed by atoms with Crippen LogP contribution in [0.3, 0.4) is 0 Å². The van der Waals surface area contributed by atoms with Crippen molar-refractivity contribution in [3.8, 4) is 0 Å². The largest absolute Gasteiger partial charge is 0.276 e. The summed E-state index contributed by atoms with van der Waals surface area (Å²) in [5.41, 5.74) is 0.782. The van der Waals surface area contributed by atoms with E-state index >= 15 is 0 Å². The fourth-order valence-electron chi connectivity index (χ4n) is 0.628. The van der Waals surface area contributed by atoms with E-state index in [0.717, 1.165) is 5.69 Å². The van der Waals surface area contributed by atoms with E-state index in [0.29, 0.717) is 4.99 Å². The molecule has 0 saturated carbocycles. The van der Waals surface area contributed by atoms with Crippen molar-refractivity contribution in [1.82, 2.24) is 15.3 Å². The van der Waals surface area contributed by atoms with Crippen molar-refractivity contribution in [2.45, 2.75) is 0 Å². The van der Waals surface area contributed by atoms with Crippen LogP contribution < -0.4 is 0 Å². The Bertz CT molecular complexity index is 234. The Kier molecular flexibility index (Phi) is 2.56. The van der Waals surface area contributed by atoms with Crippen LogP contribution in [0.1, 0.15) is 5.69 Å². The van der Waals surface area contributed by atoms with Gasteiger partial charge in [0.15, 0.2) is 4.99 Å². The van der Waals surface area contributed by atoms with Crippen LogP contribution in [-0.2, 0) is 4.84 Å². The van der Waals surface area contributed by atoms with Crippen LogP contribution in [-0.4, -0.2) is 34.4 Å². The van der Waals surface area contributed by atoms with Gasteiger partial charge < -0.3 is 0 Å². The first-order valence-electron chi connectivity index (χ1n) is 3.07. The maximum Gasteiger partial charge on any atom is 0.151 e. The van der Waals surface area contributed by atoms with Crippen molar-refractivity contribution in [3.63, 3.8) is 0 Å². The molecule has 0 spiro atoms. The molecule has 0 radical (unpaired) electrons. The van der Waals surface area contributed by atoms with Crippen molar-refractivity contribution in [1.29, 1.82) is 0 Å². The molecular weight excluding hydrogens is 162 g/mol. The molecule has 4 nitrogen and oxygen atoms in total. The lowest BCUT2D eigenvalue weighted by Gasteiger charge is -2.14. The van der Waals surface area contributed by atoms with Crippen LogP contribution in [0, 0.1) is 0 Å². The van der Waals surface area contributed by atoms with Gasteiger partial charge in [0.2, 0.25) is 0 Å². The fourth-order valence-corrected chi connectivity index (χ4v) is 0.816. The highest BCUT2D eigenvalue weighted by molar-refractivity contribution is 7.80. The molecule has 0 aliphatic heterocycles.